The largest absolute Gasteiger partial charge is 0.456 e. The first-order chi connectivity index (χ1) is 34.1. The van der Waals surface area contributed by atoms with E-state index < -0.39 is 0 Å². The average Bonchev–Trinajstić information content (AvgIpc) is 4.08. The molecule has 0 amide bonds. The summed E-state index contributed by atoms with van der Waals surface area (Å²) in [4.78, 5) is 0. The van der Waals surface area contributed by atoms with Gasteiger partial charge >= 0.3 is 0 Å². The maximum atomic E-state index is 11.3. The molecule has 69 heavy (non-hydrogen) atoms. The summed E-state index contributed by atoms with van der Waals surface area (Å²) in [6, 6.07) is 81.5. The Hall–Kier alpha value is -9.68. The molecule has 3 heterocycles. The third-order valence-corrected chi connectivity index (χ3v) is 14.1. The number of hydrogen-bond acceptors (Lipinski definition) is 3. The zero-order valence-corrected chi connectivity index (χ0v) is 37.0. The summed E-state index contributed by atoms with van der Waals surface area (Å²) in [6.07, 6.45) is 0. The molecule has 0 spiro atoms. The summed E-state index contributed by atoms with van der Waals surface area (Å²) < 4.78 is 10.5. The number of nitrogens with zero attached hydrogens (tertiary/aromatic N) is 4. The Morgan fingerprint density at radius 3 is 1.42 bits per heavy atom. The van der Waals surface area contributed by atoms with Crippen molar-refractivity contribution in [1.29, 1.82) is 10.5 Å². The van der Waals surface area contributed by atoms with Crippen LogP contribution in [-0.4, -0.2) is 9.13 Å². The van der Waals surface area contributed by atoms with Crippen LogP contribution in [0.2, 0.25) is 0 Å². The lowest BCUT2D eigenvalue weighted by molar-refractivity contribution is 0.669. The fourth-order valence-corrected chi connectivity index (χ4v) is 11.0. The summed E-state index contributed by atoms with van der Waals surface area (Å²) in [5.41, 5.74) is 14.3. The molecular formula is C64H36N4O. The minimum atomic E-state index is 0.405. The molecule has 0 fully saturated rings. The lowest BCUT2D eigenvalue weighted by Crippen LogP contribution is -2.04. The Kier molecular flexibility index (Phi) is 8.34. The standard InChI is InChI=1S/C64H36N4O/c65-37-47-32-49(67-56-26-23-44(43-16-10-15-42(31-43)39-11-2-1-3-12-39)35-54(56)62-50-17-6-4-13-40(50)21-28-58(62)67)33-48(38-66)64(47)68-57-27-24-45(36-55(57)63-51-18-7-5-14-41(51)22-29-59(63)68)46-25-30-61-53(34-46)52-19-8-9-20-60(52)69-61/h1-36H. The van der Waals surface area contributed by atoms with Crippen molar-refractivity contribution in [1.82, 2.24) is 9.13 Å². The predicted octanol–water partition coefficient (Wildman–Crippen LogP) is 16.8. The second-order valence-corrected chi connectivity index (χ2v) is 17.9. The minimum Gasteiger partial charge on any atom is -0.456 e. The van der Waals surface area contributed by atoms with Crippen molar-refractivity contribution in [2.45, 2.75) is 0 Å². The molecule has 14 aromatic rings. The normalized spacial score (nSPS) is 11.7. The number of hydrogen-bond donors (Lipinski definition) is 0. The third-order valence-electron chi connectivity index (χ3n) is 14.1. The van der Waals surface area contributed by atoms with Gasteiger partial charge in [-0.3, -0.25) is 0 Å². The van der Waals surface area contributed by atoms with Gasteiger partial charge in [0, 0.05) is 38.0 Å². The van der Waals surface area contributed by atoms with Gasteiger partial charge in [0.1, 0.15) is 23.3 Å². The second-order valence-electron chi connectivity index (χ2n) is 17.9. The molecule has 0 bridgehead atoms. The Morgan fingerprint density at radius 2 is 0.783 bits per heavy atom. The van der Waals surface area contributed by atoms with E-state index in [9.17, 15) is 10.5 Å². The summed E-state index contributed by atoms with van der Waals surface area (Å²) >= 11 is 0. The van der Waals surface area contributed by atoms with Crippen LogP contribution >= 0.6 is 0 Å². The second kappa shape index (κ2) is 14.9. The highest BCUT2D eigenvalue weighted by Gasteiger charge is 2.24. The van der Waals surface area contributed by atoms with Gasteiger partial charge in [0.05, 0.1) is 38.9 Å². The molecule has 14 rings (SSSR count). The van der Waals surface area contributed by atoms with Gasteiger partial charge in [0.15, 0.2) is 0 Å². The van der Waals surface area contributed by atoms with E-state index in [0.29, 0.717) is 16.8 Å². The number of fused-ring (bicyclic) bond motifs is 13. The van der Waals surface area contributed by atoms with Crippen LogP contribution in [0.25, 0.3) is 132 Å². The van der Waals surface area contributed by atoms with Crippen LogP contribution in [0, 0.1) is 22.7 Å². The van der Waals surface area contributed by atoms with Crippen molar-refractivity contribution < 1.29 is 4.42 Å². The first kappa shape index (κ1) is 38.6. The maximum absolute atomic E-state index is 11.3. The molecule has 0 atom stereocenters. The molecule has 0 aliphatic heterocycles. The van der Waals surface area contributed by atoms with Gasteiger partial charge in [-0.1, -0.05) is 146 Å². The first-order valence-electron chi connectivity index (χ1n) is 23.1. The molecule has 0 unspecified atom stereocenters. The average molecular weight is 877 g/mol. The van der Waals surface area contributed by atoms with Crippen molar-refractivity contribution in [2.24, 2.45) is 0 Å². The quantitative estimate of drug-likeness (QED) is 0.173. The number of aromatic nitrogens is 2. The zero-order valence-electron chi connectivity index (χ0n) is 37.0. The highest BCUT2D eigenvalue weighted by molar-refractivity contribution is 6.23. The topological polar surface area (TPSA) is 70.6 Å². The Balaban J connectivity index is 0.987. The molecule has 0 radical (unpaired) electrons. The number of furan rings is 1. The Labute approximate surface area is 395 Å². The van der Waals surface area contributed by atoms with E-state index in [1.165, 1.54) is 5.56 Å². The van der Waals surface area contributed by atoms with E-state index in [-0.39, 0.29) is 0 Å². The van der Waals surface area contributed by atoms with Crippen LogP contribution < -0.4 is 0 Å². The Morgan fingerprint density at radius 1 is 0.319 bits per heavy atom. The van der Waals surface area contributed by atoms with Crippen LogP contribution in [0.5, 0.6) is 0 Å². The first-order valence-corrected chi connectivity index (χ1v) is 23.1. The van der Waals surface area contributed by atoms with Crippen molar-refractivity contribution in [3.8, 4) is 56.9 Å². The fraction of sp³-hybridized carbons (Fsp3) is 0. The van der Waals surface area contributed by atoms with Crippen molar-refractivity contribution in [2.75, 3.05) is 0 Å². The molecule has 11 aromatic carbocycles. The van der Waals surface area contributed by atoms with Gasteiger partial charge in [0.2, 0.25) is 0 Å². The van der Waals surface area contributed by atoms with Gasteiger partial charge in [-0.05, 0) is 128 Å². The van der Waals surface area contributed by atoms with E-state index in [0.717, 1.165) is 121 Å². The summed E-state index contributed by atoms with van der Waals surface area (Å²) in [5.74, 6) is 0. The van der Waals surface area contributed by atoms with E-state index in [4.69, 9.17) is 4.42 Å². The Bertz CT molecular complexity index is 4540. The van der Waals surface area contributed by atoms with Crippen molar-refractivity contribution >= 4 is 87.1 Å². The van der Waals surface area contributed by atoms with Crippen LogP contribution in [0.4, 0.5) is 0 Å². The molecule has 3 aromatic heterocycles. The molecule has 0 saturated carbocycles. The molecule has 0 aliphatic rings. The van der Waals surface area contributed by atoms with Gasteiger partial charge in [0.25, 0.3) is 0 Å². The minimum absolute atomic E-state index is 0.405. The van der Waals surface area contributed by atoms with Crippen LogP contribution in [-0.2, 0) is 0 Å². The molecule has 0 saturated heterocycles. The molecule has 5 heteroatoms. The van der Waals surface area contributed by atoms with E-state index in [1.54, 1.807) is 0 Å². The summed E-state index contributed by atoms with van der Waals surface area (Å²) in [7, 11) is 0. The zero-order chi connectivity index (χ0) is 45.7. The molecule has 318 valence electrons. The molecule has 5 nitrogen and oxygen atoms in total. The summed E-state index contributed by atoms with van der Waals surface area (Å²) in [6.45, 7) is 0. The van der Waals surface area contributed by atoms with Crippen LogP contribution in [0.15, 0.2) is 223 Å². The monoisotopic (exact) mass is 876 g/mol. The highest BCUT2D eigenvalue weighted by Crippen LogP contribution is 2.44. The number of rotatable bonds is 5. The van der Waals surface area contributed by atoms with E-state index in [2.05, 4.69) is 203 Å². The van der Waals surface area contributed by atoms with E-state index in [1.807, 2.05) is 36.4 Å². The highest BCUT2D eigenvalue weighted by atomic mass is 16.3. The lowest BCUT2D eigenvalue weighted by Gasteiger charge is -2.16. The number of para-hydroxylation sites is 1. The molecule has 0 aliphatic carbocycles. The van der Waals surface area contributed by atoms with E-state index >= 15 is 0 Å². The van der Waals surface area contributed by atoms with Crippen molar-refractivity contribution in [3.05, 3.63) is 230 Å². The molecule has 0 N–H and O–H groups in total. The maximum Gasteiger partial charge on any atom is 0.135 e. The van der Waals surface area contributed by atoms with Gasteiger partial charge in [-0.15, -0.1) is 0 Å². The van der Waals surface area contributed by atoms with Gasteiger partial charge < -0.3 is 13.6 Å². The molecular weight excluding hydrogens is 841 g/mol. The van der Waals surface area contributed by atoms with Gasteiger partial charge in [-0.25, -0.2) is 0 Å². The smallest absolute Gasteiger partial charge is 0.135 e. The van der Waals surface area contributed by atoms with Crippen LogP contribution in [0.1, 0.15) is 11.1 Å². The SMILES string of the molecule is N#Cc1cc(-n2c3ccc(-c4cccc(-c5ccccc5)c4)cc3c3c4ccccc4ccc32)cc(C#N)c1-n1c2ccc(-c3ccc4oc5ccccc5c4c3)cc2c2c3ccccc3ccc21. The van der Waals surface area contributed by atoms with Gasteiger partial charge in [-0.2, -0.15) is 10.5 Å². The third kappa shape index (κ3) is 5.82. The lowest BCUT2D eigenvalue weighted by atomic mass is 9.97. The van der Waals surface area contributed by atoms with Crippen LogP contribution in [0.3, 0.4) is 0 Å². The fourth-order valence-electron chi connectivity index (χ4n) is 11.0. The predicted molar refractivity (Wildman–Crippen MR) is 283 cm³/mol. The number of nitriles is 2. The summed E-state index contributed by atoms with van der Waals surface area (Å²) in [5, 5.41) is 33.5. The number of benzene rings is 11. The van der Waals surface area contributed by atoms with Crippen molar-refractivity contribution in [3.63, 3.8) is 0 Å².